The number of nitrogens with zero attached hydrogens (tertiary/aromatic N) is 1. The molecule has 0 unspecified atom stereocenters. The summed E-state index contributed by atoms with van der Waals surface area (Å²) < 4.78 is 11.2. The average Bonchev–Trinajstić information content (AvgIpc) is 2.39. The van der Waals surface area contributed by atoms with Gasteiger partial charge in [-0.1, -0.05) is 6.07 Å². The lowest BCUT2D eigenvalue weighted by atomic mass is 10.1. The van der Waals surface area contributed by atoms with Gasteiger partial charge < -0.3 is 14.6 Å². The summed E-state index contributed by atoms with van der Waals surface area (Å²) in [6.07, 6.45) is 0. The molecule has 106 valence electrons. The fraction of sp³-hybridized carbons (Fsp3) is 0.312. The molecule has 1 heterocycles. The van der Waals surface area contributed by atoms with Crippen molar-refractivity contribution in [3.05, 3.63) is 47.2 Å². The fourth-order valence-electron chi connectivity index (χ4n) is 2.01. The molecule has 0 spiro atoms. The highest BCUT2D eigenvalue weighted by Gasteiger charge is 2.10. The molecule has 0 atom stereocenters. The van der Waals surface area contributed by atoms with Crippen LogP contribution in [0.3, 0.4) is 0 Å². The van der Waals surface area contributed by atoms with Gasteiger partial charge in [-0.2, -0.15) is 0 Å². The summed E-state index contributed by atoms with van der Waals surface area (Å²) in [6, 6.07) is 9.31. The Labute approximate surface area is 119 Å². The summed E-state index contributed by atoms with van der Waals surface area (Å²) in [7, 11) is 0. The normalized spacial score (nSPS) is 10.4. The number of hydrogen-bond donors (Lipinski definition) is 1. The Kier molecular flexibility index (Phi) is 4.58. The standard InChI is InChI=1S/C16H19NO3/c1-4-19-13-6-5-7-14(9-13)20-16-15(10-18)11(2)8-12(3)17-16/h5-9,18H,4,10H2,1-3H3. The minimum absolute atomic E-state index is 0.0976. The molecule has 0 radical (unpaired) electrons. The number of hydrogen-bond acceptors (Lipinski definition) is 4. The molecule has 2 aromatic rings. The highest BCUT2D eigenvalue weighted by atomic mass is 16.5. The van der Waals surface area contributed by atoms with Crippen molar-refractivity contribution in [2.75, 3.05) is 6.61 Å². The molecule has 0 aliphatic rings. The number of benzene rings is 1. The lowest BCUT2D eigenvalue weighted by Crippen LogP contribution is -2.00. The molecule has 1 N–H and O–H groups in total. The Hall–Kier alpha value is -2.07. The maximum Gasteiger partial charge on any atom is 0.225 e. The maximum absolute atomic E-state index is 9.46. The van der Waals surface area contributed by atoms with Crippen LogP contribution in [-0.4, -0.2) is 16.7 Å². The lowest BCUT2D eigenvalue weighted by Gasteiger charge is -2.12. The van der Waals surface area contributed by atoms with Crippen molar-refractivity contribution in [3.63, 3.8) is 0 Å². The van der Waals surface area contributed by atoms with E-state index in [0.717, 1.165) is 17.0 Å². The van der Waals surface area contributed by atoms with Crippen molar-refractivity contribution in [1.82, 2.24) is 4.98 Å². The van der Waals surface area contributed by atoms with Crippen LogP contribution < -0.4 is 9.47 Å². The van der Waals surface area contributed by atoms with Gasteiger partial charge in [-0.3, -0.25) is 0 Å². The molecular formula is C16H19NO3. The highest BCUT2D eigenvalue weighted by Crippen LogP contribution is 2.28. The number of rotatable bonds is 5. The number of aliphatic hydroxyl groups is 1. The van der Waals surface area contributed by atoms with Crippen molar-refractivity contribution in [2.24, 2.45) is 0 Å². The predicted octanol–water partition coefficient (Wildman–Crippen LogP) is 3.38. The molecule has 20 heavy (non-hydrogen) atoms. The number of aliphatic hydroxyl groups excluding tert-OH is 1. The van der Waals surface area contributed by atoms with Crippen molar-refractivity contribution in [3.8, 4) is 17.4 Å². The van der Waals surface area contributed by atoms with Crippen LogP contribution in [0.1, 0.15) is 23.7 Å². The van der Waals surface area contributed by atoms with Gasteiger partial charge in [-0.15, -0.1) is 0 Å². The third-order valence-electron chi connectivity index (χ3n) is 2.93. The Morgan fingerprint density at radius 1 is 1.15 bits per heavy atom. The number of aromatic nitrogens is 1. The Morgan fingerprint density at radius 2 is 1.90 bits per heavy atom. The molecule has 0 aliphatic carbocycles. The molecule has 0 fully saturated rings. The van der Waals surface area contributed by atoms with Gasteiger partial charge in [0.25, 0.3) is 0 Å². The first-order valence-corrected chi connectivity index (χ1v) is 6.62. The fourth-order valence-corrected chi connectivity index (χ4v) is 2.01. The van der Waals surface area contributed by atoms with Crippen molar-refractivity contribution in [1.29, 1.82) is 0 Å². The number of aryl methyl sites for hydroxylation is 2. The largest absolute Gasteiger partial charge is 0.494 e. The van der Waals surface area contributed by atoms with Crippen LogP contribution in [-0.2, 0) is 6.61 Å². The van der Waals surface area contributed by atoms with E-state index in [1.165, 1.54) is 0 Å². The van der Waals surface area contributed by atoms with Gasteiger partial charge in [0.1, 0.15) is 11.5 Å². The molecule has 4 nitrogen and oxygen atoms in total. The minimum Gasteiger partial charge on any atom is -0.494 e. The Morgan fingerprint density at radius 3 is 2.60 bits per heavy atom. The van der Waals surface area contributed by atoms with Crippen molar-refractivity contribution in [2.45, 2.75) is 27.4 Å². The third kappa shape index (κ3) is 3.27. The molecule has 0 amide bonds. The van der Waals surface area contributed by atoms with Crippen LogP contribution >= 0.6 is 0 Å². The molecule has 2 rings (SSSR count). The van der Waals surface area contributed by atoms with Crippen LogP contribution in [0, 0.1) is 13.8 Å². The minimum atomic E-state index is -0.0976. The first-order valence-electron chi connectivity index (χ1n) is 6.62. The van der Waals surface area contributed by atoms with Gasteiger partial charge in [0, 0.05) is 17.3 Å². The average molecular weight is 273 g/mol. The van der Waals surface area contributed by atoms with Gasteiger partial charge in [0.2, 0.25) is 5.88 Å². The van der Waals surface area contributed by atoms with E-state index < -0.39 is 0 Å². The Balaban J connectivity index is 2.32. The zero-order valence-corrected chi connectivity index (χ0v) is 12.0. The Bertz CT molecular complexity index is 596. The first kappa shape index (κ1) is 14.3. The molecule has 1 aromatic heterocycles. The quantitative estimate of drug-likeness (QED) is 0.907. The lowest BCUT2D eigenvalue weighted by molar-refractivity contribution is 0.274. The van der Waals surface area contributed by atoms with E-state index in [9.17, 15) is 5.11 Å². The van der Waals surface area contributed by atoms with E-state index >= 15 is 0 Å². The van der Waals surface area contributed by atoms with Crippen LogP contribution in [0.4, 0.5) is 0 Å². The van der Waals surface area contributed by atoms with Gasteiger partial charge in [0.15, 0.2) is 0 Å². The second-order valence-electron chi connectivity index (χ2n) is 4.53. The van der Waals surface area contributed by atoms with E-state index in [1.54, 1.807) is 0 Å². The first-order chi connectivity index (χ1) is 9.63. The van der Waals surface area contributed by atoms with E-state index in [-0.39, 0.29) is 6.61 Å². The van der Waals surface area contributed by atoms with Crippen LogP contribution in [0.2, 0.25) is 0 Å². The molecule has 0 aliphatic heterocycles. The van der Waals surface area contributed by atoms with Gasteiger partial charge in [0.05, 0.1) is 13.2 Å². The summed E-state index contributed by atoms with van der Waals surface area (Å²) in [4.78, 5) is 4.35. The summed E-state index contributed by atoms with van der Waals surface area (Å²) in [5.74, 6) is 1.83. The molecule has 1 aromatic carbocycles. The van der Waals surface area contributed by atoms with Crippen molar-refractivity contribution < 1.29 is 14.6 Å². The molecule has 0 bridgehead atoms. The van der Waals surface area contributed by atoms with E-state index in [4.69, 9.17) is 9.47 Å². The van der Waals surface area contributed by atoms with Crippen LogP contribution in [0.15, 0.2) is 30.3 Å². The smallest absolute Gasteiger partial charge is 0.225 e. The third-order valence-corrected chi connectivity index (χ3v) is 2.93. The summed E-state index contributed by atoms with van der Waals surface area (Å²) >= 11 is 0. The molecule has 4 heteroatoms. The number of ether oxygens (including phenoxy) is 2. The number of pyridine rings is 1. The van der Waals surface area contributed by atoms with Gasteiger partial charge >= 0.3 is 0 Å². The zero-order valence-electron chi connectivity index (χ0n) is 12.0. The predicted molar refractivity (Wildman–Crippen MR) is 77.3 cm³/mol. The molecule has 0 saturated heterocycles. The molecule has 0 saturated carbocycles. The monoisotopic (exact) mass is 273 g/mol. The van der Waals surface area contributed by atoms with E-state index in [1.807, 2.05) is 51.1 Å². The van der Waals surface area contributed by atoms with Gasteiger partial charge in [-0.05, 0) is 44.5 Å². The summed E-state index contributed by atoms with van der Waals surface area (Å²) in [5.41, 5.74) is 2.53. The highest BCUT2D eigenvalue weighted by molar-refractivity contribution is 5.40. The zero-order chi connectivity index (χ0) is 14.5. The SMILES string of the molecule is CCOc1cccc(Oc2nc(C)cc(C)c2CO)c1. The molecular weight excluding hydrogens is 254 g/mol. The van der Waals surface area contributed by atoms with Gasteiger partial charge in [-0.25, -0.2) is 4.98 Å². The summed E-state index contributed by atoms with van der Waals surface area (Å²) in [6.45, 7) is 6.27. The van der Waals surface area contributed by atoms with Crippen molar-refractivity contribution >= 4 is 0 Å². The van der Waals surface area contributed by atoms with E-state index in [2.05, 4.69) is 4.98 Å². The topological polar surface area (TPSA) is 51.6 Å². The van der Waals surface area contributed by atoms with Crippen LogP contribution in [0.25, 0.3) is 0 Å². The summed E-state index contributed by atoms with van der Waals surface area (Å²) in [5, 5.41) is 9.46. The second kappa shape index (κ2) is 6.39. The van der Waals surface area contributed by atoms with Crippen LogP contribution in [0.5, 0.6) is 17.4 Å². The maximum atomic E-state index is 9.46. The van der Waals surface area contributed by atoms with E-state index in [0.29, 0.717) is 23.8 Å². The second-order valence-corrected chi connectivity index (χ2v) is 4.53.